The van der Waals surface area contributed by atoms with Crippen molar-refractivity contribution >= 4 is 0 Å². The van der Waals surface area contributed by atoms with Gasteiger partial charge in [0.25, 0.3) is 0 Å². The first kappa shape index (κ1) is 14.5. The number of rotatable bonds is 0. The van der Waals surface area contributed by atoms with Gasteiger partial charge in [-0.05, 0) is 98.2 Å². The fraction of sp³-hybridized carbons (Fsp3) is 1.00. The first-order valence-corrected chi connectivity index (χ1v) is 9.63. The van der Waals surface area contributed by atoms with Crippen LogP contribution in [0.4, 0.5) is 0 Å². The van der Waals surface area contributed by atoms with Crippen LogP contribution < -0.4 is 0 Å². The summed E-state index contributed by atoms with van der Waals surface area (Å²) in [6.07, 6.45) is 12.2. The highest BCUT2D eigenvalue weighted by Gasteiger charge is 2.59. The van der Waals surface area contributed by atoms with E-state index in [0.29, 0.717) is 10.8 Å². The third kappa shape index (κ3) is 1.92. The van der Waals surface area contributed by atoms with Crippen molar-refractivity contribution in [2.75, 3.05) is 0 Å². The lowest BCUT2D eigenvalue weighted by Gasteiger charge is -2.60. The summed E-state index contributed by atoms with van der Waals surface area (Å²) in [6, 6.07) is 0. The Hall–Kier alpha value is -0.0400. The Morgan fingerprint density at radius 3 is 2.33 bits per heavy atom. The molecule has 0 amide bonds. The molecule has 0 aromatic heterocycles. The van der Waals surface area contributed by atoms with Crippen LogP contribution in [0.25, 0.3) is 0 Å². The van der Waals surface area contributed by atoms with Gasteiger partial charge in [0.15, 0.2) is 0 Å². The quantitative estimate of drug-likeness (QED) is 0.663. The van der Waals surface area contributed by atoms with Crippen molar-refractivity contribution in [3.8, 4) is 0 Å². The van der Waals surface area contributed by atoms with Crippen LogP contribution in [0.5, 0.6) is 0 Å². The van der Waals surface area contributed by atoms with Crippen LogP contribution in [0.3, 0.4) is 0 Å². The second-order valence-electron chi connectivity index (χ2n) is 9.61. The highest BCUT2D eigenvalue weighted by atomic mass is 16.3. The molecule has 0 saturated heterocycles. The molecule has 0 bridgehead atoms. The molecular weight excluding hydrogens is 256 g/mol. The van der Waals surface area contributed by atoms with Crippen LogP contribution in [-0.2, 0) is 0 Å². The number of aliphatic hydroxyl groups is 1. The Labute approximate surface area is 130 Å². The van der Waals surface area contributed by atoms with Gasteiger partial charge in [0.2, 0.25) is 0 Å². The van der Waals surface area contributed by atoms with E-state index >= 15 is 0 Å². The molecule has 4 aliphatic rings. The normalized spacial score (nSPS) is 60.0. The van der Waals surface area contributed by atoms with Crippen molar-refractivity contribution in [1.29, 1.82) is 0 Å². The summed E-state index contributed by atoms with van der Waals surface area (Å²) in [5, 5.41) is 10.1. The van der Waals surface area contributed by atoms with Gasteiger partial charge in [0.1, 0.15) is 0 Å². The van der Waals surface area contributed by atoms with Gasteiger partial charge in [-0.3, -0.25) is 0 Å². The Morgan fingerprint density at radius 2 is 1.52 bits per heavy atom. The van der Waals surface area contributed by atoms with Crippen LogP contribution in [-0.4, -0.2) is 11.2 Å². The molecule has 0 heterocycles. The minimum atomic E-state index is -0.0000147. The molecule has 4 fully saturated rings. The standard InChI is InChI=1S/C20H34O/c1-13-4-7-17-16-6-5-14-12-15(21)8-10-20(14,3)18(16)9-11-19(13,17)2/h13-18,21H,4-12H2,1-3H3/t13-,14+,15+,16-,17-,18-,19-,20-/m0/s1. The molecule has 1 heteroatoms. The van der Waals surface area contributed by atoms with E-state index in [1.807, 2.05) is 0 Å². The van der Waals surface area contributed by atoms with Crippen molar-refractivity contribution in [1.82, 2.24) is 0 Å². The summed E-state index contributed by atoms with van der Waals surface area (Å²) >= 11 is 0. The van der Waals surface area contributed by atoms with Gasteiger partial charge in [0, 0.05) is 0 Å². The minimum absolute atomic E-state index is 0.0000147. The molecular formula is C20H34O. The average molecular weight is 290 g/mol. The van der Waals surface area contributed by atoms with E-state index < -0.39 is 0 Å². The van der Waals surface area contributed by atoms with E-state index in [4.69, 9.17) is 0 Å². The number of hydrogen-bond donors (Lipinski definition) is 1. The smallest absolute Gasteiger partial charge is 0.0543 e. The summed E-state index contributed by atoms with van der Waals surface area (Å²) in [5.74, 6) is 4.74. The molecule has 0 radical (unpaired) electrons. The molecule has 4 saturated carbocycles. The van der Waals surface area contributed by atoms with E-state index in [1.165, 1.54) is 44.9 Å². The zero-order chi connectivity index (χ0) is 14.8. The van der Waals surface area contributed by atoms with Crippen LogP contribution >= 0.6 is 0 Å². The molecule has 4 aliphatic carbocycles. The molecule has 8 atom stereocenters. The van der Waals surface area contributed by atoms with Gasteiger partial charge in [-0.15, -0.1) is 0 Å². The van der Waals surface area contributed by atoms with Crippen molar-refractivity contribution in [3.05, 3.63) is 0 Å². The van der Waals surface area contributed by atoms with Crippen molar-refractivity contribution in [2.45, 2.75) is 84.7 Å². The van der Waals surface area contributed by atoms with Gasteiger partial charge in [0.05, 0.1) is 6.10 Å². The molecule has 1 nitrogen and oxygen atoms in total. The Balaban J connectivity index is 1.62. The number of aliphatic hydroxyl groups excluding tert-OH is 1. The molecule has 120 valence electrons. The zero-order valence-corrected chi connectivity index (χ0v) is 14.3. The first-order chi connectivity index (χ1) is 9.95. The molecule has 0 spiro atoms. The SMILES string of the molecule is C[C@H]1CC[C@H]2[C@@H]3CC[C@@H]4C[C@H](O)CC[C@]4(C)[C@H]3CC[C@@]12C. The molecule has 0 aromatic rings. The largest absolute Gasteiger partial charge is 0.393 e. The molecule has 4 rings (SSSR count). The van der Waals surface area contributed by atoms with Crippen molar-refractivity contribution in [3.63, 3.8) is 0 Å². The van der Waals surface area contributed by atoms with Crippen LogP contribution in [0.15, 0.2) is 0 Å². The lowest BCUT2D eigenvalue weighted by atomic mass is 9.45. The van der Waals surface area contributed by atoms with E-state index in [1.54, 1.807) is 0 Å². The van der Waals surface area contributed by atoms with Crippen molar-refractivity contribution < 1.29 is 5.11 Å². The van der Waals surface area contributed by atoms with Crippen LogP contribution in [0, 0.1) is 40.4 Å². The maximum atomic E-state index is 10.1. The highest BCUT2D eigenvalue weighted by molar-refractivity contribution is 5.08. The topological polar surface area (TPSA) is 20.2 Å². The van der Waals surface area contributed by atoms with Gasteiger partial charge in [-0.25, -0.2) is 0 Å². The fourth-order valence-electron chi connectivity index (χ4n) is 7.50. The molecule has 21 heavy (non-hydrogen) atoms. The summed E-state index contributed by atoms with van der Waals surface area (Å²) in [4.78, 5) is 0. The van der Waals surface area contributed by atoms with Crippen LogP contribution in [0.1, 0.15) is 78.6 Å². The van der Waals surface area contributed by atoms with Crippen LogP contribution in [0.2, 0.25) is 0 Å². The number of hydrogen-bond acceptors (Lipinski definition) is 1. The number of fused-ring (bicyclic) bond motifs is 5. The Bertz CT molecular complexity index is 418. The molecule has 0 aliphatic heterocycles. The van der Waals surface area contributed by atoms with E-state index in [0.717, 1.165) is 42.4 Å². The van der Waals surface area contributed by atoms with Gasteiger partial charge < -0.3 is 5.11 Å². The highest BCUT2D eigenvalue weighted by Crippen LogP contribution is 2.67. The second-order valence-corrected chi connectivity index (χ2v) is 9.61. The summed E-state index contributed by atoms with van der Waals surface area (Å²) in [5.41, 5.74) is 1.20. The fourth-order valence-corrected chi connectivity index (χ4v) is 7.50. The molecule has 0 unspecified atom stereocenters. The maximum absolute atomic E-state index is 10.1. The van der Waals surface area contributed by atoms with Gasteiger partial charge in [-0.2, -0.15) is 0 Å². The van der Waals surface area contributed by atoms with E-state index in [2.05, 4.69) is 20.8 Å². The lowest BCUT2D eigenvalue weighted by Crippen LogP contribution is -2.53. The predicted molar refractivity (Wildman–Crippen MR) is 86.9 cm³/mol. The summed E-state index contributed by atoms with van der Waals surface area (Å²) < 4.78 is 0. The minimum Gasteiger partial charge on any atom is -0.393 e. The molecule has 1 N–H and O–H groups in total. The van der Waals surface area contributed by atoms with Gasteiger partial charge in [-0.1, -0.05) is 20.8 Å². The third-order valence-electron chi connectivity index (χ3n) is 9.11. The van der Waals surface area contributed by atoms with Crippen molar-refractivity contribution in [2.24, 2.45) is 40.4 Å². The van der Waals surface area contributed by atoms with Gasteiger partial charge >= 0.3 is 0 Å². The van der Waals surface area contributed by atoms with E-state index in [-0.39, 0.29) is 6.10 Å². The maximum Gasteiger partial charge on any atom is 0.0543 e. The Morgan fingerprint density at radius 1 is 0.810 bits per heavy atom. The average Bonchev–Trinajstić information content (AvgIpc) is 2.76. The summed E-state index contributed by atoms with van der Waals surface area (Å²) in [7, 11) is 0. The monoisotopic (exact) mass is 290 g/mol. The Kier molecular flexibility index (Phi) is 3.27. The summed E-state index contributed by atoms with van der Waals surface area (Å²) in [6.45, 7) is 7.73. The molecule has 0 aromatic carbocycles. The first-order valence-electron chi connectivity index (χ1n) is 9.63. The zero-order valence-electron chi connectivity index (χ0n) is 14.3. The predicted octanol–water partition coefficient (Wildman–Crippen LogP) is 5.03. The lowest BCUT2D eigenvalue weighted by molar-refractivity contribution is -0.125. The van der Waals surface area contributed by atoms with E-state index in [9.17, 15) is 5.11 Å². The third-order valence-corrected chi connectivity index (χ3v) is 9.11. The second kappa shape index (κ2) is 4.73.